The van der Waals surface area contributed by atoms with Gasteiger partial charge in [0.2, 0.25) is 0 Å². The largest absolute Gasteiger partial charge is 0.493 e. The summed E-state index contributed by atoms with van der Waals surface area (Å²) in [6.45, 7) is 2.13. The van der Waals surface area contributed by atoms with Crippen molar-refractivity contribution in [1.82, 2.24) is 4.90 Å². The summed E-state index contributed by atoms with van der Waals surface area (Å²) in [6, 6.07) is 9.63. The fraction of sp³-hybridized carbons (Fsp3) is 0.190. The minimum Gasteiger partial charge on any atom is -0.493 e. The number of likely N-dealkylation sites (N-methyl/N-ethyl adjacent to an activating group) is 1. The summed E-state index contributed by atoms with van der Waals surface area (Å²) in [5.41, 5.74) is 1.40. The lowest BCUT2D eigenvalue weighted by Gasteiger charge is -2.14. The molecule has 0 aliphatic carbocycles. The Labute approximate surface area is 182 Å². The van der Waals surface area contributed by atoms with E-state index in [9.17, 15) is 14.4 Å². The van der Waals surface area contributed by atoms with Crippen LogP contribution in [0.2, 0.25) is 5.02 Å². The molecule has 156 valence electrons. The summed E-state index contributed by atoms with van der Waals surface area (Å²) in [5.74, 6) is -0.734. The third-order valence-electron chi connectivity index (χ3n) is 4.30. The summed E-state index contributed by atoms with van der Waals surface area (Å²) < 4.78 is 11.1. The number of halogens is 1. The molecule has 2 amide bonds. The first-order valence-corrected chi connectivity index (χ1v) is 10.1. The maximum absolute atomic E-state index is 12.3. The van der Waals surface area contributed by atoms with E-state index in [4.69, 9.17) is 26.2 Å². The number of carboxylic acid groups (broad SMARTS) is 1. The predicted octanol–water partition coefficient (Wildman–Crippen LogP) is 4.68. The van der Waals surface area contributed by atoms with Gasteiger partial charge in [-0.3, -0.25) is 14.5 Å². The van der Waals surface area contributed by atoms with Gasteiger partial charge in [-0.1, -0.05) is 23.7 Å². The van der Waals surface area contributed by atoms with Crippen LogP contribution in [0, 0.1) is 0 Å². The molecule has 0 bridgehead atoms. The molecule has 0 saturated carbocycles. The fourth-order valence-corrected chi connectivity index (χ4v) is 4.01. The van der Waals surface area contributed by atoms with Crippen molar-refractivity contribution >= 4 is 46.6 Å². The van der Waals surface area contributed by atoms with Gasteiger partial charge in [0.1, 0.15) is 6.61 Å². The van der Waals surface area contributed by atoms with Crippen LogP contribution in [-0.4, -0.2) is 40.8 Å². The summed E-state index contributed by atoms with van der Waals surface area (Å²) >= 11 is 7.24. The predicted molar refractivity (Wildman–Crippen MR) is 114 cm³/mol. The van der Waals surface area contributed by atoms with Gasteiger partial charge in [0.15, 0.2) is 11.5 Å². The zero-order valence-electron chi connectivity index (χ0n) is 16.2. The van der Waals surface area contributed by atoms with E-state index in [1.807, 2.05) is 0 Å². The quantitative estimate of drug-likeness (QED) is 0.616. The summed E-state index contributed by atoms with van der Waals surface area (Å²) in [4.78, 5) is 36.7. The molecule has 0 spiro atoms. The van der Waals surface area contributed by atoms with Crippen LogP contribution < -0.4 is 9.47 Å². The zero-order valence-corrected chi connectivity index (χ0v) is 17.7. The standard InChI is InChI=1S/C21H18ClNO6S/c1-3-23-19(24)17(30-21(23)27)10-13-8-15(22)18(16(9-13)28-2)29-11-12-5-4-6-14(7-12)20(25)26/h4-10H,3,11H2,1-2H3,(H,25,26)/b17-10-. The van der Waals surface area contributed by atoms with Crippen molar-refractivity contribution in [3.05, 3.63) is 63.0 Å². The van der Waals surface area contributed by atoms with Crippen molar-refractivity contribution in [3.8, 4) is 11.5 Å². The number of imide groups is 1. The minimum absolute atomic E-state index is 0.0892. The fourth-order valence-electron chi connectivity index (χ4n) is 2.84. The molecule has 0 radical (unpaired) electrons. The molecule has 1 fully saturated rings. The summed E-state index contributed by atoms with van der Waals surface area (Å²) in [7, 11) is 1.46. The smallest absolute Gasteiger partial charge is 0.335 e. The molecule has 0 aromatic heterocycles. The molecular formula is C21H18ClNO6S. The third-order valence-corrected chi connectivity index (χ3v) is 5.48. The molecule has 1 heterocycles. The van der Waals surface area contributed by atoms with Crippen molar-refractivity contribution in [2.75, 3.05) is 13.7 Å². The second kappa shape index (κ2) is 9.23. The highest BCUT2D eigenvalue weighted by atomic mass is 35.5. The Hall–Kier alpha value is -2.97. The highest BCUT2D eigenvalue weighted by Crippen LogP contribution is 2.39. The number of aromatic carboxylic acids is 1. The highest BCUT2D eigenvalue weighted by molar-refractivity contribution is 8.18. The number of thioether (sulfide) groups is 1. The molecule has 30 heavy (non-hydrogen) atoms. The number of nitrogens with zero attached hydrogens (tertiary/aromatic N) is 1. The molecular weight excluding hydrogens is 430 g/mol. The number of carbonyl (C=O) groups is 3. The first-order valence-electron chi connectivity index (χ1n) is 8.92. The van der Waals surface area contributed by atoms with Crippen LogP contribution in [0.25, 0.3) is 6.08 Å². The molecule has 2 aromatic carbocycles. The first-order chi connectivity index (χ1) is 14.3. The van der Waals surface area contributed by atoms with E-state index in [1.54, 1.807) is 37.3 Å². The molecule has 1 aliphatic rings. The van der Waals surface area contributed by atoms with Gasteiger partial charge >= 0.3 is 5.97 Å². The number of carbonyl (C=O) groups excluding carboxylic acids is 2. The Balaban J connectivity index is 1.84. The number of rotatable bonds is 7. The Bertz CT molecular complexity index is 1050. The van der Waals surface area contributed by atoms with Gasteiger partial charge in [-0.2, -0.15) is 0 Å². The molecule has 1 aliphatic heterocycles. The van der Waals surface area contributed by atoms with E-state index in [-0.39, 0.29) is 28.3 Å². The lowest BCUT2D eigenvalue weighted by molar-refractivity contribution is -0.122. The second-order valence-electron chi connectivity index (χ2n) is 6.25. The van der Waals surface area contributed by atoms with Gasteiger partial charge < -0.3 is 14.6 Å². The molecule has 1 saturated heterocycles. The van der Waals surface area contributed by atoms with Gasteiger partial charge in [-0.25, -0.2) is 4.79 Å². The topological polar surface area (TPSA) is 93.1 Å². The average Bonchev–Trinajstić information content (AvgIpc) is 2.99. The van der Waals surface area contributed by atoms with Crippen LogP contribution in [0.3, 0.4) is 0 Å². The van der Waals surface area contributed by atoms with Gasteiger partial charge in [-0.05, 0) is 60.2 Å². The molecule has 9 heteroatoms. The first kappa shape index (κ1) is 21.7. The van der Waals surface area contributed by atoms with E-state index in [0.717, 1.165) is 16.7 Å². The molecule has 0 atom stereocenters. The number of hydrogen-bond donors (Lipinski definition) is 1. The second-order valence-corrected chi connectivity index (χ2v) is 7.65. The van der Waals surface area contributed by atoms with Crippen LogP contribution in [0.15, 0.2) is 41.3 Å². The number of carboxylic acids is 1. The van der Waals surface area contributed by atoms with Gasteiger partial charge in [0.05, 0.1) is 22.6 Å². The summed E-state index contributed by atoms with van der Waals surface area (Å²) in [5, 5.41) is 9.04. The van der Waals surface area contributed by atoms with Crippen LogP contribution in [0.5, 0.6) is 11.5 Å². The molecule has 0 unspecified atom stereocenters. The normalized spacial score (nSPS) is 15.0. The van der Waals surface area contributed by atoms with Crippen LogP contribution in [0.1, 0.15) is 28.4 Å². The Morgan fingerprint density at radius 2 is 2.03 bits per heavy atom. The summed E-state index contributed by atoms with van der Waals surface area (Å²) in [6.07, 6.45) is 1.58. The van der Waals surface area contributed by atoms with Crippen molar-refractivity contribution in [2.45, 2.75) is 13.5 Å². The van der Waals surface area contributed by atoms with E-state index in [2.05, 4.69) is 0 Å². The maximum Gasteiger partial charge on any atom is 0.335 e. The number of methoxy groups -OCH3 is 1. The lowest BCUT2D eigenvalue weighted by atomic mass is 10.1. The Morgan fingerprint density at radius 1 is 1.27 bits per heavy atom. The molecule has 2 aromatic rings. The van der Waals surface area contributed by atoms with Gasteiger partial charge in [0.25, 0.3) is 11.1 Å². The number of benzene rings is 2. The maximum atomic E-state index is 12.3. The Morgan fingerprint density at radius 3 is 2.67 bits per heavy atom. The Kier molecular flexibility index (Phi) is 6.69. The zero-order chi connectivity index (χ0) is 21.8. The van der Waals surface area contributed by atoms with Gasteiger partial charge in [0, 0.05) is 6.54 Å². The monoisotopic (exact) mass is 447 g/mol. The van der Waals surface area contributed by atoms with Crippen LogP contribution in [-0.2, 0) is 11.4 Å². The van der Waals surface area contributed by atoms with E-state index in [0.29, 0.717) is 34.1 Å². The average molecular weight is 448 g/mol. The molecule has 1 N–H and O–H groups in total. The van der Waals surface area contributed by atoms with Crippen LogP contribution >= 0.6 is 23.4 Å². The van der Waals surface area contributed by atoms with E-state index in [1.165, 1.54) is 19.2 Å². The lowest BCUT2D eigenvalue weighted by Crippen LogP contribution is -2.27. The third kappa shape index (κ3) is 4.60. The van der Waals surface area contributed by atoms with Gasteiger partial charge in [-0.15, -0.1) is 0 Å². The van der Waals surface area contributed by atoms with E-state index < -0.39 is 5.97 Å². The van der Waals surface area contributed by atoms with E-state index >= 15 is 0 Å². The minimum atomic E-state index is -1.02. The van der Waals surface area contributed by atoms with Crippen LogP contribution in [0.4, 0.5) is 4.79 Å². The number of amides is 2. The molecule has 3 rings (SSSR count). The highest BCUT2D eigenvalue weighted by Gasteiger charge is 2.33. The van der Waals surface area contributed by atoms with Crippen molar-refractivity contribution in [1.29, 1.82) is 0 Å². The molecule has 7 nitrogen and oxygen atoms in total. The number of hydrogen-bond acceptors (Lipinski definition) is 6. The number of ether oxygens (including phenoxy) is 2. The van der Waals surface area contributed by atoms with Crippen molar-refractivity contribution in [3.63, 3.8) is 0 Å². The van der Waals surface area contributed by atoms with Crippen molar-refractivity contribution in [2.24, 2.45) is 0 Å². The van der Waals surface area contributed by atoms with Crippen molar-refractivity contribution < 1.29 is 29.0 Å². The SMILES string of the molecule is CCN1C(=O)S/C(=C\c2cc(Cl)c(OCc3cccc(C(=O)O)c3)c(OC)c2)C1=O.